The second kappa shape index (κ2) is 4.59. The predicted molar refractivity (Wildman–Crippen MR) is 69.8 cm³/mol. The Morgan fingerprint density at radius 3 is 2.32 bits per heavy atom. The van der Waals surface area contributed by atoms with E-state index in [0.717, 1.165) is 23.5 Å². The summed E-state index contributed by atoms with van der Waals surface area (Å²) in [6.07, 6.45) is 0. The Kier molecular flexibility index (Phi) is 3.25. The molecular weight excluding hydrogens is 290 g/mol. The highest BCUT2D eigenvalue weighted by atomic mass is 32.2. The molecule has 1 aromatic heterocycles. The topological polar surface area (TPSA) is 116 Å². The predicted octanol–water partition coefficient (Wildman–Crippen LogP) is 1.77. The van der Waals surface area contributed by atoms with Crippen molar-refractivity contribution in [2.75, 3.05) is 5.73 Å². The summed E-state index contributed by atoms with van der Waals surface area (Å²) in [7, 11) is -3.74. The summed E-state index contributed by atoms with van der Waals surface area (Å²) < 4.78 is 24.6. The van der Waals surface area contributed by atoms with Crippen molar-refractivity contribution in [3.8, 4) is 0 Å². The molecule has 0 spiro atoms. The van der Waals surface area contributed by atoms with Gasteiger partial charge in [-0.3, -0.25) is 10.1 Å². The van der Waals surface area contributed by atoms with Crippen LogP contribution >= 0.6 is 11.3 Å². The molecule has 19 heavy (non-hydrogen) atoms. The molecule has 2 aromatic rings. The molecule has 0 saturated carbocycles. The standard InChI is InChI=1S/C10H9N3O4S2/c1-6-9(18-10(11)12-6)19(16,17)8-4-2-7(3-5-8)13(14)15/h2-5H,1H3,(H2,11,12). The number of nitro groups is 1. The molecule has 100 valence electrons. The smallest absolute Gasteiger partial charge is 0.269 e. The van der Waals surface area contributed by atoms with E-state index < -0.39 is 14.8 Å². The molecule has 1 heterocycles. The minimum atomic E-state index is -3.74. The number of anilines is 1. The molecule has 0 unspecified atom stereocenters. The van der Waals surface area contributed by atoms with Crippen LogP contribution in [0.2, 0.25) is 0 Å². The third-order valence-electron chi connectivity index (χ3n) is 2.37. The first-order valence-corrected chi connectivity index (χ1v) is 7.35. The lowest BCUT2D eigenvalue weighted by Gasteiger charge is -2.02. The third-order valence-corrected chi connectivity index (χ3v) is 5.74. The maximum atomic E-state index is 12.3. The number of nitrogen functional groups attached to an aromatic ring is 1. The number of sulfone groups is 1. The van der Waals surface area contributed by atoms with Crippen molar-refractivity contribution in [2.45, 2.75) is 16.0 Å². The van der Waals surface area contributed by atoms with E-state index in [1.807, 2.05) is 0 Å². The van der Waals surface area contributed by atoms with Gasteiger partial charge in [0.05, 0.1) is 15.5 Å². The minimum Gasteiger partial charge on any atom is -0.375 e. The number of aromatic nitrogens is 1. The zero-order valence-electron chi connectivity index (χ0n) is 9.73. The molecule has 2 rings (SSSR count). The number of benzene rings is 1. The molecule has 0 saturated heterocycles. The molecule has 0 aliphatic carbocycles. The second-order valence-electron chi connectivity index (χ2n) is 3.68. The summed E-state index contributed by atoms with van der Waals surface area (Å²) in [5.41, 5.74) is 5.62. The van der Waals surface area contributed by atoms with Gasteiger partial charge in [0.2, 0.25) is 9.84 Å². The van der Waals surface area contributed by atoms with Crippen LogP contribution in [0.4, 0.5) is 10.8 Å². The zero-order chi connectivity index (χ0) is 14.2. The number of hydrogen-bond donors (Lipinski definition) is 1. The summed E-state index contributed by atoms with van der Waals surface area (Å²) in [5, 5.41) is 10.7. The van der Waals surface area contributed by atoms with Gasteiger partial charge >= 0.3 is 0 Å². The van der Waals surface area contributed by atoms with Crippen LogP contribution in [0.15, 0.2) is 33.4 Å². The van der Waals surface area contributed by atoms with E-state index in [2.05, 4.69) is 4.98 Å². The number of hydrogen-bond acceptors (Lipinski definition) is 7. The highest BCUT2D eigenvalue weighted by Gasteiger charge is 2.24. The Labute approximate surface area is 112 Å². The Balaban J connectivity index is 2.51. The van der Waals surface area contributed by atoms with Crippen molar-refractivity contribution < 1.29 is 13.3 Å². The molecule has 0 atom stereocenters. The lowest BCUT2D eigenvalue weighted by atomic mass is 10.3. The van der Waals surface area contributed by atoms with Crippen LogP contribution in [0, 0.1) is 17.0 Å². The van der Waals surface area contributed by atoms with Crippen LogP contribution in [0.25, 0.3) is 0 Å². The summed E-state index contributed by atoms with van der Waals surface area (Å²) in [6, 6.07) is 4.69. The minimum absolute atomic E-state index is 0.0233. The summed E-state index contributed by atoms with van der Waals surface area (Å²) in [5.74, 6) is 0. The number of thiazole rings is 1. The van der Waals surface area contributed by atoms with Crippen LogP contribution in [0.3, 0.4) is 0 Å². The van der Waals surface area contributed by atoms with Gasteiger partial charge in [-0.15, -0.1) is 0 Å². The van der Waals surface area contributed by atoms with Crippen molar-refractivity contribution in [1.29, 1.82) is 0 Å². The SMILES string of the molecule is Cc1nc(N)sc1S(=O)(=O)c1ccc([N+](=O)[O-])cc1. The summed E-state index contributed by atoms with van der Waals surface area (Å²) in [6.45, 7) is 1.55. The Hall–Kier alpha value is -2.00. The molecule has 0 bridgehead atoms. The molecule has 7 nitrogen and oxygen atoms in total. The average molecular weight is 299 g/mol. The van der Waals surface area contributed by atoms with Crippen LogP contribution in [0.5, 0.6) is 0 Å². The number of nitrogens with zero attached hydrogens (tertiary/aromatic N) is 2. The normalized spacial score (nSPS) is 11.4. The van der Waals surface area contributed by atoms with Crippen molar-refractivity contribution >= 4 is 32.0 Å². The first-order chi connectivity index (χ1) is 8.82. The van der Waals surface area contributed by atoms with Gasteiger partial charge in [0.1, 0.15) is 4.21 Å². The van der Waals surface area contributed by atoms with Crippen LogP contribution < -0.4 is 5.73 Å². The van der Waals surface area contributed by atoms with Crippen LogP contribution in [0.1, 0.15) is 5.69 Å². The van der Waals surface area contributed by atoms with Crippen molar-refractivity contribution in [3.05, 3.63) is 40.1 Å². The van der Waals surface area contributed by atoms with Crippen molar-refractivity contribution in [2.24, 2.45) is 0 Å². The van der Waals surface area contributed by atoms with Gasteiger partial charge in [-0.2, -0.15) is 0 Å². The first kappa shape index (κ1) is 13.4. The fourth-order valence-electron chi connectivity index (χ4n) is 1.51. The molecule has 9 heteroatoms. The van der Waals surface area contributed by atoms with E-state index in [1.54, 1.807) is 6.92 Å². The fourth-order valence-corrected chi connectivity index (χ4v) is 4.20. The maximum absolute atomic E-state index is 12.3. The van der Waals surface area contributed by atoms with Crippen molar-refractivity contribution in [1.82, 2.24) is 4.98 Å². The van der Waals surface area contributed by atoms with Crippen molar-refractivity contribution in [3.63, 3.8) is 0 Å². The van der Waals surface area contributed by atoms with Crippen LogP contribution in [-0.2, 0) is 9.84 Å². The zero-order valence-corrected chi connectivity index (χ0v) is 11.4. The molecule has 0 aliphatic rings. The average Bonchev–Trinajstić information content (AvgIpc) is 2.69. The quantitative estimate of drug-likeness (QED) is 0.682. The number of nitrogens with two attached hydrogens (primary N) is 1. The van der Waals surface area contributed by atoms with E-state index in [9.17, 15) is 18.5 Å². The van der Waals surface area contributed by atoms with Gasteiger partial charge < -0.3 is 5.73 Å². The van der Waals surface area contributed by atoms with Gasteiger partial charge in [-0.05, 0) is 19.1 Å². The van der Waals surface area contributed by atoms with Gasteiger partial charge in [-0.25, -0.2) is 13.4 Å². The molecule has 0 fully saturated rings. The number of non-ortho nitro benzene ring substituents is 1. The Morgan fingerprint density at radius 2 is 1.89 bits per heavy atom. The van der Waals surface area contributed by atoms with E-state index in [0.29, 0.717) is 5.69 Å². The van der Waals surface area contributed by atoms with E-state index in [4.69, 9.17) is 5.73 Å². The highest BCUT2D eigenvalue weighted by molar-refractivity contribution is 7.93. The third kappa shape index (κ3) is 2.42. The number of aryl methyl sites for hydroxylation is 1. The molecule has 0 aliphatic heterocycles. The maximum Gasteiger partial charge on any atom is 0.269 e. The van der Waals surface area contributed by atoms with E-state index in [1.165, 1.54) is 12.1 Å². The highest BCUT2D eigenvalue weighted by Crippen LogP contribution is 2.31. The second-order valence-corrected chi connectivity index (χ2v) is 6.86. The first-order valence-electron chi connectivity index (χ1n) is 5.05. The van der Waals surface area contributed by atoms with E-state index >= 15 is 0 Å². The lowest BCUT2D eigenvalue weighted by Crippen LogP contribution is -2.01. The monoisotopic (exact) mass is 299 g/mol. The molecule has 2 N–H and O–H groups in total. The molecule has 1 aromatic carbocycles. The van der Waals surface area contributed by atoms with Gasteiger partial charge in [0.15, 0.2) is 5.13 Å². The van der Waals surface area contributed by atoms with Gasteiger partial charge in [0.25, 0.3) is 5.69 Å². The molecular formula is C10H9N3O4S2. The van der Waals surface area contributed by atoms with Crippen LogP contribution in [-0.4, -0.2) is 18.3 Å². The lowest BCUT2D eigenvalue weighted by molar-refractivity contribution is -0.384. The van der Waals surface area contributed by atoms with Gasteiger partial charge in [-0.1, -0.05) is 11.3 Å². The summed E-state index contributed by atoms with van der Waals surface area (Å²) >= 11 is 0.871. The largest absolute Gasteiger partial charge is 0.375 e. The van der Waals surface area contributed by atoms with E-state index in [-0.39, 0.29) is 19.9 Å². The Morgan fingerprint density at radius 1 is 1.32 bits per heavy atom. The number of nitro benzene ring substituents is 1. The number of rotatable bonds is 3. The Bertz CT molecular complexity index is 735. The van der Waals surface area contributed by atoms with Gasteiger partial charge in [0, 0.05) is 12.1 Å². The summed E-state index contributed by atoms with van der Waals surface area (Å²) in [4.78, 5) is 13.8. The molecule has 0 radical (unpaired) electrons. The fraction of sp³-hybridized carbons (Fsp3) is 0.100. The molecule has 0 amide bonds.